The number of nitrogens with one attached hydrogen (secondary N) is 1. The van der Waals surface area contributed by atoms with Crippen molar-refractivity contribution < 1.29 is 0 Å². The van der Waals surface area contributed by atoms with Crippen molar-refractivity contribution in [3.8, 4) is 0 Å². The van der Waals surface area contributed by atoms with Crippen LogP contribution >= 0.6 is 0 Å². The summed E-state index contributed by atoms with van der Waals surface area (Å²) in [5.74, 6) is 0. The lowest BCUT2D eigenvalue weighted by Crippen LogP contribution is -2.19. The molecule has 1 aromatic rings. The van der Waals surface area contributed by atoms with E-state index >= 15 is 0 Å². The lowest BCUT2D eigenvalue weighted by atomic mass is 10.3. The van der Waals surface area contributed by atoms with E-state index < -0.39 is 0 Å². The summed E-state index contributed by atoms with van der Waals surface area (Å²) in [6.45, 7) is 2.06. The minimum Gasteiger partial charge on any atom is -0.299 e. The lowest BCUT2D eigenvalue weighted by molar-refractivity contribution is 0.451. The molecule has 0 unspecified atom stereocenters. The van der Waals surface area contributed by atoms with Crippen LogP contribution in [-0.2, 0) is 6.42 Å². The van der Waals surface area contributed by atoms with Crippen molar-refractivity contribution in [1.29, 1.82) is 0 Å². The van der Waals surface area contributed by atoms with Crippen molar-refractivity contribution in [2.75, 3.05) is 0 Å². The third-order valence-electron chi connectivity index (χ3n) is 2.87. The Morgan fingerprint density at radius 1 is 1.54 bits per heavy atom. The molecule has 2 rings (SSSR count). The van der Waals surface area contributed by atoms with Crippen LogP contribution in [0.25, 0.3) is 0 Å². The molecule has 0 amide bonds. The van der Waals surface area contributed by atoms with Crippen LogP contribution in [0.3, 0.4) is 0 Å². The Morgan fingerprint density at radius 2 is 2.23 bits per heavy atom. The highest BCUT2D eigenvalue weighted by atomic mass is 16.1. The number of aromatic amines is 1. The normalized spacial score (nSPS) is 18.2. The summed E-state index contributed by atoms with van der Waals surface area (Å²) in [6, 6.07) is 2.16. The van der Waals surface area contributed by atoms with Gasteiger partial charge < -0.3 is 0 Å². The van der Waals surface area contributed by atoms with Gasteiger partial charge in [0.15, 0.2) is 0 Å². The number of aromatic nitrogens is 2. The van der Waals surface area contributed by atoms with Crippen LogP contribution in [0.15, 0.2) is 10.9 Å². The second-order valence-electron chi connectivity index (χ2n) is 3.78. The third-order valence-corrected chi connectivity index (χ3v) is 2.87. The monoisotopic (exact) mass is 180 g/mol. The molecular weight excluding hydrogens is 164 g/mol. The first-order valence-electron chi connectivity index (χ1n) is 5.11. The highest BCUT2D eigenvalue weighted by molar-refractivity contribution is 5.00. The van der Waals surface area contributed by atoms with E-state index in [4.69, 9.17) is 0 Å². The highest BCUT2D eigenvalue weighted by Crippen LogP contribution is 2.27. The lowest BCUT2D eigenvalue weighted by Gasteiger charge is -2.09. The molecule has 1 fully saturated rings. The van der Waals surface area contributed by atoms with Gasteiger partial charge >= 0.3 is 0 Å². The molecule has 0 atom stereocenters. The molecule has 1 aliphatic rings. The first-order chi connectivity index (χ1) is 6.31. The highest BCUT2D eigenvalue weighted by Gasteiger charge is 2.18. The predicted molar refractivity (Wildman–Crippen MR) is 51.9 cm³/mol. The minimum absolute atomic E-state index is 0.142. The van der Waals surface area contributed by atoms with Gasteiger partial charge in [0, 0.05) is 11.8 Å². The summed E-state index contributed by atoms with van der Waals surface area (Å²) in [7, 11) is 0. The van der Waals surface area contributed by atoms with Crippen molar-refractivity contribution in [1.82, 2.24) is 9.78 Å². The number of hydrogen-bond acceptors (Lipinski definition) is 1. The maximum Gasteiger partial charge on any atom is 0.266 e. The number of aryl methyl sites for hydroxylation is 1. The topological polar surface area (TPSA) is 37.8 Å². The molecule has 0 spiro atoms. The van der Waals surface area contributed by atoms with Gasteiger partial charge in [-0.05, 0) is 19.3 Å². The molecular formula is C10H16N2O. The largest absolute Gasteiger partial charge is 0.299 e. The molecule has 0 saturated heterocycles. The van der Waals surface area contributed by atoms with Crippen LogP contribution in [-0.4, -0.2) is 9.78 Å². The van der Waals surface area contributed by atoms with Crippen LogP contribution in [0.1, 0.15) is 44.3 Å². The second-order valence-corrected chi connectivity index (χ2v) is 3.78. The Morgan fingerprint density at radius 3 is 2.77 bits per heavy atom. The molecule has 72 valence electrons. The summed E-state index contributed by atoms with van der Waals surface area (Å²) in [6.07, 6.45) is 5.75. The number of H-pyrrole nitrogens is 1. The fourth-order valence-electron chi connectivity index (χ4n) is 2.08. The van der Waals surface area contributed by atoms with Gasteiger partial charge in [-0.25, -0.2) is 4.68 Å². The van der Waals surface area contributed by atoms with Gasteiger partial charge in [0.25, 0.3) is 5.56 Å². The fraction of sp³-hybridized carbons (Fsp3) is 0.700. The van der Waals surface area contributed by atoms with Gasteiger partial charge in [0.05, 0.1) is 6.04 Å². The van der Waals surface area contributed by atoms with Crippen LogP contribution < -0.4 is 5.56 Å². The first kappa shape index (κ1) is 8.60. The van der Waals surface area contributed by atoms with Crippen molar-refractivity contribution in [3.05, 3.63) is 22.1 Å². The zero-order valence-corrected chi connectivity index (χ0v) is 8.05. The van der Waals surface area contributed by atoms with E-state index in [1.807, 2.05) is 4.68 Å². The van der Waals surface area contributed by atoms with E-state index in [1.165, 1.54) is 12.8 Å². The van der Waals surface area contributed by atoms with Gasteiger partial charge in [-0.1, -0.05) is 19.8 Å². The van der Waals surface area contributed by atoms with Gasteiger partial charge in [0.1, 0.15) is 0 Å². The maximum atomic E-state index is 11.5. The summed E-state index contributed by atoms with van der Waals surface area (Å²) in [5.41, 5.74) is 1.20. The zero-order chi connectivity index (χ0) is 9.26. The van der Waals surface area contributed by atoms with E-state index in [0.29, 0.717) is 6.04 Å². The molecule has 0 bridgehead atoms. The molecule has 0 aromatic carbocycles. The molecule has 13 heavy (non-hydrogen) atoms. The molecule has 3 nitrogen and oxygen atoms in total. The Bertz CT molecular complexity index is 331. The summed E-state index contributed by atoms with van der Waals surface area (Å²) in [4.78, 5) is 11.5. The van der Waals surface area contributed by atoms with Crippen LogP contribution in [0.2, 0.25) is 0 Å². The number of hydrogen-bond donors (Lipinski definition) is 1. The van der Waals surface area contributed by atoms with E-state index in [-0.39, 0.29) is 5.56 Å². The number of rotatable bonds is 2. The molecule has 3 heteroatoms. The summed E-state index contributed by atoms with van der Waals surface area (Å²) >= 11 is 0. The third kappa shape index (κ3) is 1.55. The Balaban J connectivity index is 2.28. The molecule has 1 saturated carbocycles. The van der Waals surface area contributed by atoms with Gasteiger partial charge in [-0.3, -0.25) is 9.89 Å². The smallest absolute Gasteiger partial charge is 0.266 e. The average Bonchev–Trinajstić information content (AvgIpc) is 2.72. The molecule has 1 aliphatic carbocycles. The number of nitrogens with zero attached hydrogens (tertiary/aromatic N) is 1. The Hall–Kier alpha value is -0.990. The van der Waals surface area contributed by atoms with E-state index in [9.17, 15) is 4.79 Å². The van der Waals surface area contributed by atoms with Crippen molar-refractivity contribution >= 4 is 0 Å². The SMILES string of the molecule is CCc1cc(=O)n(C2CCCC2)[nH]1. The first-order valence-corrected chi connectivity index (χ1v) is 5.11. The van der Waals surface area contributed by atoms with E-state index in [0.717, 1.165) is 25.0 Å². The molecule has 1 aromatic heterocycles. The van der Waals surface area contributed by atoms with Gasteiger partial charge in [-0.2, -0.15) is 0 Å². The summed E-state index contributed by atoms with van der Waals surface area (Å²) in [5, 5.41) is 3.18. The maximum absolute atomic E-state index is 11.5. The van der Waals surface area contributed by atoms with E-state index in [2.05, 4.69) is 12.0 Å². The van der Waals surface area contributed by atoms with Gasteiger partial charge in [-0.15, -0.1) is 0 Å². The quantitative estimate of drug-likeness (QED) is 0.741. The second kappa shape index (κ2) is 3.40. The molecule has 1 N–H and O–H groups in total. The predicted octanol–water partition coefficient (Wildman–Crippen LogP) is 1.85. The molecule has 0 aliphatic heterocycles. The molecule has 0 radical (unpaired) electrons. The van der Waals surface area contributed by atoms with Crippen molar-refractivity contribution in [2.45, 2.75) is 45.1 Å². The van der Waals surface area contributed by atoms with Crippen LogP contribution in [0.4, 0.5) is 0 Å². The Kier molecular flexibility index (Phi) is 2.25. The van der Waals surface area contributed by atoms with Gasteiger partial charge in [0.2, 0.25) is 0 Å². The minimum atomic E-state index is 0.142. The average molecular weight is 180 g/mol. The van der Waals surface area contributed by atoms with E-state index in [1.54, 1.807) is 6.07 Å². The van der Waals surface area contributed by atoms with Crippen molar-refractivity contribution in [3.63, 3.8) is 0 Å². The standard InChI is InChI=1S/C10H16N2O/c1-2-8-7-10(13)12(11-8)9-5-3-4-6-9/h7,9,11H,2-6H2,1H3. The van der Waals surface area contributed by atoms with Crippen molar-refractivity contribution in [2.24, 2.45) is 0 Å². The van der Waals surface area contributed by atoms with Crippen LogP contribution in [0, 0.1) is 0 Å². The summed E-state index contributed by atoms with van der Waals surface area (Å²) < 4.78 is 1.81. The Labute approximate surface area is 77.7 Å². The fourth-order valence-corrected chi connectivity index (χ4v) is 2.08. The van der Waals surface area contributed by atoms with Crippen LogP contribution in [0.5, 0.6) is 0 Å². The molecule has 1 heterocycles. The zero-order valence-electron chi connectivity index (χ0n) is 8.05.